The van der Waals surface area contributed by atoms with Gasteiger partial charge in [-0.05, 0) is 42.1 Å². The summed E-state index contributed by atoms with van der Waals surface area (Å²) in [6, 6.07) is 7.78. The second kappa shape index (κ2) is 7.72. The third-order valence-corrected chi connectivity index (χ3v) is 4.87. The van der Waals surface area contributed by atoms with Crippen LogP contribution in [0.5, 0.6) is 0 Å². The number of nitro groups is 1. The molecule has 0 radical (unpaired) electrons. The molecule has 0 bridgehead atoms. The highest BCUT2D eigenvalue weighted by Crippen LogP contribution is 2.34. The Labute approximate surface area is 161 Å². The average Bonchev–Trinajstić information content (AvgIpc) is 3.03. The van der Waals surface area contributed by atoms with Gasteiger partial charge in [0, 0.05) is 24.4 Å². The van der Waals surface area contributed by atoms with Crippen molar-refractivity contribution in [1.82, 2.24) is 14.8 Å². The maximum atomic E-state index is 13.2. The van der Waals surface area contributed by atoms with Crippen LogP contribution in [-0.4, -0.2) is 25.6 Å². The van der Waals surface area contributed by atoms with E-state index < -0.39 is 16.6 Å². The number of anilines is 1. The van der Waals surface area contributed by atoms with Crippen LogP contribution in [0.15, 0.2) is 52.8 Å². The van der Waals surface area contributed by atoms with E-state index in [1.165, 1.54) is 36.7 Å². The molecule has 0 atom stereocenters. The molecule has 0 aliphatic rings. The number of nitro benzene ring substituents is 1. The smallest absolute Gasteiger partial charge is 0.284 e. The largest absolute Gasteiger partial charge is 0.322 e. The zero-order chi connectivity index (χ0) is 19.6. The first-order chi connectivity index (χ1) is 12.8. The minimum atomic E-state index is -0.615. The summed E-state index contributed by atoms with van der Waals surface area (Å²) in [4.78, 5) is 23.5. The summed E-state index contributed by atoms with van der Waals surface area (Å²) in [6.07, 6.45) is 1.48. The predicted octanol–water partition coefficient (Wildman–Crippen LogP) is 3.92. The number of benzene rings is 2. The summed E-state index contributed by atoms with van der Waals surface area (Å²) >= 11 is 6.74. The number of aryl methyl sites for hydroxylation is 1. The number of carbonyl (C=O) groups excluding carboxylic acids is 1. The molecule has 0 fully saturated rings. The highest BCUT2D eigenvalue weighted by molar-refractivity contribution is 7.99. The number of hydrogen-bond donors (Lipinski definition) is 1. The molecule has 1 heterocycles. The third kappa shape index (κ3) is 4.23. The first kappa shape index (κ1) is 18.8. The number of hydrogen-bond acceptors (Lipinski definition) is 6. The van der Waals surface area contributed by atoms with Crippen LogP contribution in [0.2, 0.25) is 5.02 Å². The van der Waals surface area contributed by atoms with Crippen LogP contribution >= 0.6 is 23.4 Å². The Morgan fingerprint density at radius 2 is 2.11 bits per heavy atom. The second-order valence-electron chi connectivity index (χ2n) is 5.35. The zero-order valence-corrected chi connectivity index (χ0v) is 15.3. The maximum absolute atomic E-state index is 13.2. The first-order valence-electron chi connectivity index (χ1n) is 7.42. The molecule has 0 aliphatic carbocycles. The summed E-state index contributed by atoms with van der Waals surface area (Å²) in [6.45, 7) is 0. The van der Waals surface area contributed by atoms with Crippen molar-refractivity contribution in [2.75, 3.05) is 5.32 Å². The van der Waals surface area contributed by atoms with Crippen LogP contribution in [0.4, 0.5) is 15.8 Å². The van der Waals surface area contributed by atoms with Crippen molar-refractivity contribution >= 4 is 40.6 Å². The van der Waals surface area contributed by atoms with Crippen LogP contribution in [0, 0.1) is 15.9 Å². The van der Waals surface area contributed by atoms with E-state index in [0.717, 1.165) is 17.8 Å². The van der Waals surface area contributed by atoms with Gasteiger partial charge in [-0.15, -0.1) is 10.2 Å². The van der Waals surface area contributed by atoms with Gasteiger partial charge in [-0.2, -0.15) is 0 Å². The Balaban J connectivity index is 1.86. The molecule has 2 aromatic carbocycles. The topological polar surface area (TPSA) is 103 Å². The SMILES string of the molecule is Cn1cnnc1Sc1ccc(C(=O)Nc2ccc(F)c(Cl)c2)cc1[N+](=O)[O-]. The molecule has 3 rings (SSSR count). The van der Waals surface area contributed by atoms with E-state index in [0.29, 0.717) is 10.1 Å². The molecule has 3 aromatic rings. The quantitative estimate of drug-likeness (QED) is 0.508. The molecule has 8 nitrogen and oxygen atoms in total. The molecule has 0 unspecified atom stereocenters. The van der Waals surface area contributed by atoms with Gasteiger partial charge in [0.15, 0.2) is 5.16 Å². The molecular formula is C16H11ClFN5O3S. The van der Waals surface area contributed by atoms with E-state index >= 15 is 0 Å². The van der Waals surface area contributed by atoms with E-state index in [1.807, 2.05) is 0 Å². The first-order valence-corrected chi connectivity index (χ1v) is 8.61. The van der Waals surface area contributed by atoms with Gasteiger partial charge in [0.25, 0.3) is 11.6 Å². The monoisotopic (exact) mass is 407 g/mol. The fourth-order valence-electron chi connectivity index (χ4n) is 2.13. The van der Waals surface area contributed by atoms with Crippen LogP contribution in [0.25, 0.3) is 0 Å². The van der Waals surface area contributed by atoms with E-state index in [4.69, 9.17) is 11.6 Å². The molecule has 0 spiro atoms. The number of amides is 1. The van der Waals surface area contributed by atoms with Crippen molar-refractivity contribution in [3.05, 3.63) is 69.2 Å². The summed E-state index contributed by atoms with van der Waals surface area (Å²) in [5.74, 6) is -1.20. The summed E-state index contributed by atoms with van der Waals surface area (Å²) < 4.78 is 14.8. The predicted molar refractivity (Wildman–Crippen MR) is 97.6 cm³/mol. The van der Waals surface area contributed by atoms with Crippen molar-refractivity contribution in [3.8, 4) is 0 Å². The fraction of sp³-hybridized carbons (Fsp3) is 0.0625. The highest BCUT2D eigenvalue weighted by Gasteiger charge is 2.20. The van der Waals surface area contributed by atoms with Gasteiger partial charge in [0.2, 0.25) is 0 Å². The third-order valence-electron chi connectivity index (χ3n) is 3.47. The average molecular weight is 408 g/mol. The molecule has 1 amide bonds. The molecule has 27 heavy (non-hydrogen) atoms. The van der Waals surface area contributed by atoms with Crippen molar-refractivity contribution in [1.29, 1.82) is 0 Å². The number of carbonyl (C=O) groups is 1. The molecular weight excluding hydrogens is 397 g/mol. The maximum Gasteiger partial charge on any atom is 0.284 e. The molecule has 0 saturated heterocycles. The van der Waals surface area contributed by atoms with Crippen molar-refractivity contribution in [3.63, 3.8) is 0 Å². The molecule has 11 heteroatoms. The molecule has 0 saturated carbocycles. The van der Waals surface area contributed by atoms with E-state index in [1.54, 1.807) is 11.6 Å². The van der Waals surface area contributed by atoms with Crippen LogP contribution in [-0.2, 0) is 7.05 Å². The van der Waals surface area contributed by atoms with Gasteiger partial charge in [0.05, 0.1) is 14.8 Å². The lowest BCUT2D eigenvalue weighted by Crippen LogP contribution is -2.12. The Kier molecular flexibility index (Phi) is 5.38. The van der Waals surface area contributed by atoms with E-state index in [9.17, 15) is 19.3 Å². The lowest BCUT2D eigenvalue weighted by Gasteiger charge is -2.08. The Bertz CT molecular complexity index is 1040. The standard InChI is InChI=1S/C16H11ClFN5O3S/c1-22-8-19-21-16(22)27-14-5-2-9(6-13(14)23(25)26)15(24)20-10-3-4-12(18)11(17)7-10/h2-8H,1H3,(H,20,24). The highest BCUT2D eigenvalue weighted by atomic mass is 35.5. The fourth-order valence-corrected chi connectivity index (χ4v) is 3.16. The van der Waals surface area contributed by atoms with Gasteiger partial charge >= 0.3 is 0 Å². The number of rotatable bonds is 5. The van der Waals surface area contributed by atoms with Crippen molar-refractivity contribution in [2.24, 2.45) is 7.05 Å². The number of aromatic nitrogens is 3. The van der Waals surface area contributed by atoms with Crippen LogP contribution in [0.3, 0.4) is 0 Å². The lowest BCUT2D eigenvalue weighted by molar-refractivity contribution is -0.387. The Morgan fingerprint density at radius 3 is 2.74 bits per heavy atom. The van der Waals surface area contributed by atoms with Crippen LogP contribution in [0.1, 0.15) is 10.4 Å². The van der Waals surface area contributed by atoms with Gasteiger partial charge < -0.3 is 9.88 Å². The number of nitrogens with one attached hydrogen (secondary N) is 1. The molecule has 1 aromatic heterocycles. The van der Waals surface area contributed by atoms with Crippen molar-refractivity contribution < 1.29 is 14.1 Å². The zero-order valence-electron chi connectivity index (χ0n) is 13.7. The van der Waals surface area contributed by atoms with Gasteiger partial charge in [-0.3, -0.25) is 14.9 Å². The Hall–Kier alpha value is -2.98. The minimum absolute atomic E-state index is 0.0736. The lowest BCUT2D eigenvalue weighted by atomic mass is 10.2. The van der Waals surface area contributed by atoms with E-state index in [2.05, 4.69) is 15.5 Å². The second-order valence-corrected chi connectivity index (χ2v) is 6.77. The van der Waals surface area contributed by atoms with Gasteiger partial charge in [-0.1, -0.05) is 11.6 Å². The number of halogens is 2. The van der Waals surface area contributed by atoms with Gasteiger partial charge in [-0.25, -0.2) is 4.39 Å². The summed E-state index contributed by atoms with van der Waals surface area (Å²) in [7, 11) is 1.71. The van der Waals surface area contributed by atoms with E-state index in [-0.39, 0.29) is 22.0 Å². The van der Waals surface area contributed by atoms with Gasteiger partial charge in [0.1, 0.15) is 12.1 Å². The molecule has 0 aliphatic heterocycles. The molecule has 1 N–H and O–H groups in total. The number of nitrogens with zero attached hydrogens (tertiary/aromatic N) is 4. The molecule has 138 valence electrons. The Morgan fingerprint density at radius 1 is 1.33 bits per heavy atom. The summed E-state index contributed by atoms with van der Waals surface area (Å²) in [5.41, 5.74) is 0.101. The van der Waals surface area contributed by atoms with Crippen molar-refractivity contribution in [2.45, 2.75) is 10.1 Å². The summed E-state index contributed by atoms with van der Waals surface area (Å²) in [5, 5.41) is 21.8. The van der Waals surface area contributed by atoms with Crippen LogP contribution < -0.4 is 5.32 Å². The normalized spacial score (nSPS) is 10.6. The minimum Gasteiger partial charge on any atom is -0.322 e.